The number of nitrogens with zero attached hydrogens (tertiary/aromatic N) is 2. The molecule has 0 spiro atoms. The maximum atomic E-state index is 13.5. The molecular formula is C16H18FN3O3S. The van der Waals surface area contributed by atoms with Crippen molar-refractivity contribution in [1.29, 1.82) is 0 Å². The molecule has 0 bridgehead atoms. The van der Waals surface area contributed by atoms with Gasteiger partial charge in [0.1, 0.15) is 18.2 Å². The van der Waals surface area contributed by atoms with E-state index in [9.17, 15) is 9.18 Å². The highest BCUT2D eigenvalue weighted by atomic mass is 32.2. The lowest BCUT2D eigenvalue weighted by atomic mass is 10.1. The fourth-order valence-electron chi connectivity index (χ4n) is 2.43. The van der Waals surface area contributed by atoms with Gasteiger partial charge in [-0.3, -0.25) is 9.80 Å². The van der Waals surface area contributed by atoms with Crippen LogP contribution in [0.3, 0.4) is 0 Å². The van der Waals surface area contributed by atoms with Crippen LogP contribution in [-0.4, -0.2) is 47.5 Å². The molecule has 3 rings (SSSR count). The van der Waals surface area contributed by atoms with E-state index < -0.39 is 5.82 Å². The summed E-state index contributed by atoms with van der Waals surface area (Å²) >= 11 is 1.26. The number of hydrogen-bond acceptors (Lipinski definition) is 6. The van der Waals surface area contributed by atoms with Crippen LogP contribution in [0.5, 0.6) is 5.75 Å². The Bertz CT molecular complexity index is 687. The van der Waals surface area contributed by atoms with Gasteiger partial charge in [0.2, 0.25) is 0 Å². The number of carbonyl (C=O) groups excluding carboxylic acids is 1. The largest absolute Gasteiger partial charge is 0.491 e. The maximum Gasteiger partial charge on any atom is 0.286 e. The summed E-state index contributed by atoms with van der Waals surface area (Å²) in [5.41, 5.74) is 3.65. The number of carbonyl (C=O) groups is 1. The van der Waals surface area contributed by atoms with Crippen LogP contribution in [0.25, 0.3) is 6.08 Å². The molecule has 8 heteroatoms. The average Bonchev–Trinajstić information content (AvgIpc) is 2.96. The summed E-state index contributed by atoms with van der Waals surface area (Å²) in [6, 6.07) is 4.05. The van der Waals surface area contributed by atoms with Gasteiger partial charge in [-0.1, -0.05) is 0 Å². The Balaban J connectivity index is 1.79. The Morgan fingerprint density at radius 1 is 1.46 bits per heavy atom. The summed E-state index contributed by atoms with van der Waals surface area (Å²) < 4.78 is 18.9. The highest BCUT2D eigenvalue weighted by molar-refractivity contribution is 8.18. The Labute approximate surface area is 143 Å². The summed E-state index contributed by atoms with van der Waals surface area (Å²) in [4.78, 5) is 16.6. The first-order chi connectivity index (χ1) is 11.7. The van der Waals surface area contributed by atoms with Gasteiger partial charge in [-0.2, -0.15) is 4.99 Å². The molecule has 0 radical (unpaired) electrons. The van der Waals surface area contributed by atoms with Crippen molar-refractivity contribution in [3.8, 4) is 5.75 Å². The van der Waals surface area contributed by atoms with E-state index in [1.54, 1.807) is 6.08 Å². The van der Waals surface area contributed by atoms with Crippen LogP contribution >= 0.6 is 11.8 Å². The second-order valence-corrected chi connectivity index (χ2v) is 6.34. The number of aliphatic hydroxyl groups is 1. The number of aliphatic hydroxyl groups excluding tert-OH is 1. The molecule has 1 aromatic rings. The molecule has 0 saturated carbocycles. The standard InChI is InChI=1S/C16H18FN3O3S/c17-12-3-4-13(23-8-7-21)11(9-12)10-14-15(22)19-16(24-14)20-6-2-1-5-18-20/h3-4,9-10,18,21H,1-2,5-8H2/b14-10-. The highest BCUT2D eigenvalue weighted by Gasteiger charge is 2.27. The molecule has 1 saturated heterocycles. The first kappa shape index (κ1) is 16.9. The molecule has 2 heterocycles. The number of benzene rings is 1. The van der Waals surface area contributed by atoms with E-state index >= 15 is 0 Å². The van der Waals surface area contributed by atoms with E-state index in [0.717, 1.165) is 25.9 Å². The highest BCUT2D eigenvalue weighted by Crippen LogP contribution is 2.32. The number of thioether (sulfide) groups is 1. The summed E-state index contributed by atoms with van der Waals surface area (Å²) in [5.74, 6) is -0.358. The van der Waals surface area contributed by atoms with Crippen LogP contribution in [0.2, 0.25) is 0 Å². The van der Waals surface area contributed by atoms with Gasteiger partial charge in [-0.05, 0) is 48.9 Å². The van der Waals surface area contributed by atoms with Gasteiger partial charge < -0.3 is 9.84 Å². The predicted molar refractivity (Wildman–Crippen MR) is 90.9 cm³/mol. The van der Waals surface area contributed by atoms with E-state index in [1.807, 2.05) is 5.01 Å². The summed E-state index contributed by atoms with van der Waals surface area (Å²) in [7, 11) is 0. The Hall–Kier alpha value is -1.90. The zero-order valence-electron chi connectivity index (χ0n) is 13.0. The molecule has 2 N–H and O–H groups in total. The zero-order chi connectivity index (χ0) is 16.9. The molecule has 2 aliphatic heterocycles. The molecule has 1 amide bonds. The molecule has 0 aliphatic carbocycles. The lowest BCUT2D eigenvalue weighted by Crippen LogP contribution is -2.45. The van der Waals surface area contributed by atoms with E-state index in [1.165, 1.54) is 30.0 Å². The van der Waals surface area contributed by atoms with Crippen LogP contribution < -0.4 is 10.2 Å². The van der Waals surface area contributed by atoms with Crippen LogP contribution in [-0.2, 0) is 4.79 Å². The smallest absolute Gasteiger partial charge is 0.286 e. The van der Waals surface area contributed by atoms with Crippen molar-refractivity contribution in [3.63, 3.8) is 0 Å². The minimum Gasteiger partial charge on any atom is -0.491 e. The number of ether oxygens (including phenoxy) is 1. The third kappa shape index (κ3) is 3.95. The first-order valence-electron chi connectivity index (χ1n) is 7.74. The lowest BCUT2D eigenvalue weighted by molar-refractivity contribution is -0.113. The molecule has 1 aromatic carbocycles. The van der Waals surface area contributed by atoms with Crippen LogP contribution in [0.1, 0.15) is 18.4 Å². The van der Waals surface area contributed by atoms with Crippen molar-refractivity contribution < 1.29 is 19.0 Å². The molecule has 0 unspecified atom stereocenters. The number of halogens is 1. The third-order valence-electron chi connectivity index (χ3n) is 3.56. The summed E-state index contributed by atoms with van der Waals surface area (Å²) in [6.07, 6.45) is 3.71. The van der Waals surface area contributed by atoms with Gasteiger partial charge in [0.25, 0.3) is 5.91 Å². The first-order valence-corrected chi connectivity index (χ1v) is 8.56. The fourth-order valence-corrected chi connectivity index (χ4v) is 3.34. The third-order valence-corrected chi connectivity index (χ3v) is 4.57. The fraction of sp³-hybridized carbons (Fsp3) is 0.375. The van der Waals surface area contributed by atoms with Gasteiger partial charge in [-0.25, -0.2) is 9.82 Å². The van der Waals surface area contributed by atoms with E-state index in [4.69, 9.17) is 9.84 Å². The number of amidine groups is 1. The van der Waals surface area contributed by atoms with E-state index in [0.29, 0.717) is 21.4 Å². The molecule has 2 aliphatic rings. The van der Waals surface area contributed by atoms with Crippen molar-refractivity contribution >= 4 is 28.9 Å². The number of amides is 1. The van der Waals surface area contributed by atoms with Crippen LogP contribution in [0.15, 0.2) is 28.1 Å². The normalized spacial score (nSPS) is 19.8. The van der Waals surface area contributed by atoms with Crippen LogP contribution in [0.4, 0.5) is 4.39 Å². The molecule has 128 valence electrons. The monoisotopic (exact) mass is 351 g/mol. The Morgan fingerprint density at radius 3 is 3.08 bits per heavy atom. The molecule has 0 atom stereocenters. The maximum absolute atomic E-state index is 13.5. The van der Waals surface area contributed by atoms with E-state index in [2.05, 4.69) is 10.4 Å². The van der Waals surface area contributed by atoms with E-state index in [-0.39, 0.29) is 19.1 Å². The average molecular weight is 351 g/mol. The van der Waals surface area contributed by atoms with Gasteiger partial charge in [0.15, 0.2) is 5.17 Å². The second-order valence-electron chi connectivity index (χ2n) is 5.33. The number of nitrogens with one attached hydrogen (secondary N) is 1. The molecule has 0 aromatic heterocycles. The SMILES string of the molecule is O=C1N=C(N2CCCCN2)S/C1=C\c1cc(F)ccc1OCCO. The number of rotatable bonds is 4. The topological polar surface area (TPSA) is 74.2 Å². The molecule has 24 heavy (non-hydrogen) atoms. The molecule has 1 fully saturated rings. The van der Waals surface area contributed by atoms with Crippen molar-refractivity contribution in [2.45, 2.75) is 12.8 Å². The molecular weight excluding hydrogens is 333 g/mol. The quantitative estimate of drug-likeness (QED) is 0.806. The zero-order valence-corrected chi connectivity index (χ0v) is 13.8. The van der Waals surface area contributed by atoms with Crippen LogP contribution in [0, 0.1) is 5.82 Å². The number of hydrazine groups is 1. The lowest BCUT2D eigenvalue weighted by Gasteiger charge is -2.28. The Morgan fingerprint density at radius 2 is 2.33 bits per heavy atom. The summed E-state index contributed by atoms with van der Waals surface area (Å²) in [6.45, 7) is 1.62. The van der Waals surface area contributed by atoms with Crippen molar-refractivity contribution in [3.05, 3.63) is 34.5 Å². The Kier molecular flexibility index (Phi) is 5.49. The number of aliphatic imine (C=N–C) groups is 1. The van der Waals surface area contributed by atoms with Gasteiger partial charge >= 0.3 is 0 Å². The van der Waals surface area contributed by atoms with Crippen molar-refractivity contribution in [2.75, 3.05) is 26.3 Å². The number of hydrogen-bond donors (Lipinski definition) is 2. The minimum atomic E-state index is -0.424. The molecule has 6 nitrogen and oxygen atoms in total. The minimum absolute atomic E-state index is 0.0995. The van der Waals surface area contributed by atoms with Crippen molar-refractivity contribution in [2.24, 2.45) is 4.99 Å². The van der Waals surface area contributed by atoms with Gasteiger partial charge in [0, 0.05) is 18.7 Å². The van der Waals surface area contributed by atoms with Gasteiger partial charge in [-0.15, -0.1) is 0 Å². The predicted octanol–water partition coefficient (Wildman–Crippen LogP) is 1.77. The van der Waals surface area contributed by atoms with Crippen molar-refractivity contribution in [1.82, 2.24) is 10.4 Å². The van der Waals surface area contributed by atoms with Gasteiger partial charge in [0.05, 0.1) is 11.5 Å². The second kappa shape index (κ2) is 7.78. The summed E-state index contributed by atoms with van der Waals surface area (Å²) in [5, 5.41) is 11.4.